The monoisotopic (exact) mass is 206 g/mol. The highest BCUT2D eigenvalue weighted by Gasteiger charge is 2.19. The molecule has 0 heterocycles. The fourth-order valence-electron chi connectivity index (χ4n) is 0.373. The first-order valence-corrected chi connectivity index (χ1v) is 4.96. The van der Waals surface area contributed by atoms with Gasteiger partial charge in [0.15, 0.2) is 0 Å². The summed E-state index contributed by atoms with van der Waals surface area (Å²) in [5, 5.41) is -0.896. The second-order valence-corrected chi connectivity index (χ2v) is 5.06. The van der Waals surface area contributed by atoms with Crippen molar-refractivity contribution < 1.29 is 13.0 Å². The van der Waals surface area contributed by atoms with Crippen molar-refractivity contribution in [2.75, 3.05) is 0 Å². The first-order valence-electron chi connectivity index (χ1n) is 2.58. The Morgan fingerprint density at radius 1 is 1.50 bits per heavy atom. The average Bonchev–Trinajstić information content (AvgIpc) is 1.60. The lowest BCUT2D eigenvalue weighted by Gasteiger charge is -2.06. The summed E-state index contributed by atoms with van der Waals surface area (Å²) < 4.78 is 29.0. The van der Waals surface area contributed by atoms with Crippen LogP contribution in [-0.4, -0.2) is 23.1 Å². The van der Waals surface area contributed by atoms with Gasteiger partial charge in [-0.3, -0.25) is 4.55 Å². The van der Waals surface area contributed by atoms with Crippen molar-refractivity contribution in [3.05, 3.63) is 0 Å². The van der Waals surface area contributed by atoms with Gasteiger partial charge in [0.05, 0.1) is 5.25 Å². The van der Waals surface area contributed by atoms with Gasteiger partial charge in [0, 0.05) is 0 Å². The molecular formula is C4H8Cl2O3S. The average molecular weight is 207 g/mol. The van der Waals surface area contributed by atoms with E-state index in [2.05, 4.69) is 0 Å². The van der Waals surface area contributed by atoms with E-state index in [4.69, 9.17) is 27.8 Å². The third-order valence-corrected chi connectivity index (χ3v) is 2.58. The molecule has 0 rings (SSSR count). The highest BCUT2D eigenvalue weighted by atomic mass is 35.5. The maximum atomic E-state index is 10.3. The molecule has 10 heavy (non-hydrogen) atoms. The Bertz CT molecular complexity index is 187. The predicted octanol–water partition coefficient (Wildman–Crippen LogP) is 1.46. The quantitative estimate of drug-likeness (QED) is 0.562. The van der Waals surface area contributed by atoms with Crippen LogP contribution in [0.15, 0.2) is 0 Å². The van der Waals surface area contributed by atoms with E-state index >= 15 is 0 Å². The van der Waals surface area contributed by atoms with Gasteiger partial charge < -0.3 is 0 Å². The molecule has 0 aliphatic carbocycles. The molecule has 0 aromatic rings. The highest BCUT2D eigenvalue weighted by Crippen LogP contribution is 2.14. The van der Waals surface area contributed by atoms with Crippen LogP contribution >= 0.6 is 23.2 Å². The topological polar surface area (TPSA) is 54.4 Å². The molecule has 1 N–H and O–H groups in total. The van der Waals surface area contributed by atoms with Gasteiger partial charge in [-0.25, -0.2) is 0 Å². The Labute approximate surface area is 70.1 Å². The van der Waals surface area contributed by atoms with E-state index in [-0.39, 0.29) is 6.42 Å². The van der Waals surface area contributed by atoms with E-state index in [0.29, 0.717) is 0 Å². The van der Waals surface area contributed by atoms with Crippen molar-refractivity contribution in [1.29, 1.82) is 0 Å². The van der Waals surface area contributed by atoms with E-state index in [1.165, 1.54) is 6.92 Å². The van der Waals surface area contributed by atoms with Crippen molar-refractivity contribution >= 4 is 33.3 Å². The van der Waals surface area contributed by atoms with Crippen molar-refractivity contribution in [3.8, 4) is 0 Å². The van der Waals surface area contributed by atoms with Crippen molar-refractivity contribution in [2.45, 2.75) is 23.4 Å². The van der Waals surface area contributed by atoms with E-state index in [9.17, 15) is 8.42 Å². The van der Waals surface area contributed by atoms with Gasteiger partial charge >= 0.3 is 0 Å². The van der Waals surface area contributed by atoms with Gasteiger partial charge in [-0.15, -0.1) is 23.2 Å². The maximum Gasteiger partial charge on any atom is 0.267 e. The standard InChI is InChI=1S/C4H8Cl2O3S/c1-3(2-4(5)6)10(7,8)9/h3-4H,2H2,1H3,(H,7,8,9). The van der Waals surface area contributed by atoms with Gasteiger partial charge in [0.1, 0.15) is 4.84 Å². The van der Waals surface area contributed by atoms with Gasteiger partial charge in [-0.1, -0.05) is 0 Å². The second-order valence-electron chi connectivity index (χ2n) is 1.95. The maximum absolute atomic E-state index is 10.3. The first-order chi connectivity index (χ1) is 4.34. The Morgan fingerprint density at radius 2 is 1.90 bits per heavy atom. The lowest BCUT2D eigenvalue weighted by molar-refractivity contribution is 0.468. The number of alkyl halides is 2. The van der Waals surface area contributed by atoms with Crippen molar-refractivity contribution in [2.24, 2.45) is 0 Å². The Hall–Kier alpha value is 0.490. The minimum absolute atomic E-state index is 0.0436. The summed E-state index contributed by atoms with van der Waals surface area (Å²) in [6.07, 6.45) is 0.0436. The second kappa shape index (κ2) is 3.76. The van der Waals surface area contributed by atoms with Crippen LogP contribution in [-0.2, 0) is 10.1 Å². The molecule has 0 amide bonds. The number of halogens is 2. The summed E-state index contributed by atoms with van der Waals surface area (Å²) in [4.78, 5) is -0.753. The van der Waals surface area contributed by atoms with E-state index in [1.807, 2.05) is 0 Å². The number of hydrogen-bond acceptors (Lipinski definition) is 2. The van der Waals surface area contributed by atoms with Crippen molar-refractivity contribution in [1.82, 2.24) is 0 Å². The van der Waals surface area contributed by atoms with Gasteiger partial charge in [-0.2, -0.15) is 8.42 Å². The molecule has 0 fully saturated rings. The fraction of sp³-hybridized carbons (Fsp3) is 1.00. The van der Waals surface area contributed by atoms with Crippen LogP contribution in [0.2, 0.25) is 0 Å². The molecule has 62 valence electrons. The largest absolute Gasteiger partial charge is 0.285 e. The molecule has 0 aromatic carbocycles. The Kier molecular flexibility index (Phi) is 3.94. The highest BCUT2D eigenvalue weighted by molar-refractivity contribution is 7.86. The molecule has 1 unspecified atom stereocenters. The SMILES string of the molecule is CC(CC(Cl)Cl)S(=O)(=O)O. The molecule has 1 atom stereocenters. The van der Waals surface area contributed by atoms with Crippen LogP contribution < -0.4 is 0 Å². The fourth-order valence-corrected chi connectivity index (χ4v) is 1.55. The molecule has 0 bridgehead atoms. The third-order valence-electron chi connectivity index (χ3n) is 1.02. The summed E-state index contributed by atoms with van der Waals surface area (Å²) in [6.45, 7) is 1.34. The normalized spacial score (nSPS) is 15.7. The Morgan fingerprint density at radius 3 is 2.00 bits per heavy atom. The van der Waals surface area contributed by atoms with Crippen LogP contribution in [0.3, 0.4) is 0 Å². The molecule has 0 aromatic heterocycles. The van der Waals surface area contributed by atoms with Crippen LogP contribution in [0.1, 0.15) is 13.3 Å². The van der Waals surface area contributed by atoms with Crippen LogP contribution in [0.25, 0.3) is 0 Å². The van der Waals surface area contributed by atoms with Crippen LogP contribution in [0, 0.1) is 0 Å². The summed E-state index contributed by atoms with van der Waals surface area (Å²) in [6, 6.07) is 0. The lowest BCUT2D eigenvalue weighted by Crippen LogP contribution is -2.18. The molecule has 0 spiro atoms. The third kappa shape index (κ3) is 4.33. The minimum atomic E-state index is -3.97. The zero-order valence-corrected chi connectivity index (χ0v) is 7.62. The van der Waals surface area contributed by atoms with Crippen molar-refractivity contribution in [3.63, 3.8) is 0 Å². The van der Waals surface area contributed by atoms with Crippen LogP contribution in [0.4, 0.5) is 0 Å². The zero-order valence-electron chi connectivity index (χ0n) is 5.29. The smallest absolute Gasteiger partial charge is 0.267 e. The lowest BCUT2D eigenvalue weighted by atomic mass is 10.4. The van der Waals surface area contributed by atoms with Gasteiger partial charge in [-0.05, 0) is 13.3 Å². The summed E-state index contributed by atoms with van der Waals surface area (Å²) >= 11 is 10.5. The molecular weight excluding hydrogens is 199 g/mol. The molecule has 6 heteroatoms. The zero-order chi connectivity index (χ0) is 8.36. The number of hydrogen-bond donors (Lipinski definition) is 1. The minimum Gasteiger partial charge on any atom is -0.285 e. The molecule has 3 nitrogen and oxygen atoms in total. The van der Waals surface area contributed by atoms with E-state index in [1.54, 1.807) is 0 Å². The molecule has 0 radical (unpaired) electrons. The molecule has 0 saturated heterocycles. The summed E-state index contributed by atoms with van der Waals surface area (Å²) in [7, 11) is -3.97. The van der Waals surface area contributed by atoms with Crippen LogP contribution in [0.5, 0.6) is 0 Å². The summed E-state index contributed by atoms with van der Waals surface area (Å²) in [5.41, 5.74) is 0. The predicted molar refractivity (Wildman–Crippen MR) is 41.1 cm³/mol. The van der Waals surface area contributed by atoms with E-state index in [0.717, 1.165) is 0 Å². The molecule has 0 aliphatic rings. The Balaban J connectivity index is 3.99. The van der Waals surface area contributed by atoms with Gasteiger partial charge in [0.2, 0.25) is 0 Å². The molecule has 0 aliphatic heterocycles. The number of rotatable bonds is 3. The van der Waals surface area contributed by atoms with E-state index < -0.39 is 20.2 Å². The van der Waals surface area contributed by atoms with Gasteiger partial charge in [0.25, 0.3) is 10.1 Å². The summed E-state index contributed by atoms with van der Waals surface area (Å²) in [5.74, 6) is 0. The first kappa shape index (κ1) is 10.5. The molecule has 0 saturated carbocycles.